The first-order chi connectivity index (χ1) is 8.16. The number of ether oxygens (including phenoxy) is 1. The molecule has 1 aromatic carbocycles. The highest BCUT2D eigenvalue weighted by atomic mass is 19.1. The summed E-state index contributed by atoms with van der Waals surface area (Å²) < 4.78 is 18.4. The number of hydrogen-bond acceptors (Lipinski definition) is 2. The number of hydrogen-bond donors (Lipinski definition) is 2. The van der Waals surface area contributed by atoms with Crippen LogP contribution in [0.1, 0.15) is 17.2 Å². The molecular weight excluding hydrogens is 225 g/mol. The Hall–Kier alpha value is -1.88. The number of benzene rings is 1. The highest BCUT2D eigenvalue weighted by molar-refractivity contribution is 5.88. The molecule has 17 heavy (non-hydrogen) atoms. The molecule has 0 saturated carbocycles. The number of nitrogens with one attached hydrogen (secondary N) is 1. The number of carboxylic acids is 1. The number of H-pyrrole nitrogens is 1. The van der Waals surface area contributed by atoms with E-state index in [0.29, 0.717) is 17.7 Å². The van der Waals surface area contributed by atoms with Crippen molar-refractivity contribution < 1.29 is 19.0 Å². The lowest BCUT2D eigenvalue weighted by Crippen LogP contribution is -2.23. The zero-order valence-corrected chi connectivity index (χ0v) is 8.87. The Morgan fingerprint density at radius 1 is 1.53 bits per heavy atom. The van der Waals surface area contributed by atoms with Gasteiger partial charge in [-0.1, -0.05) is 0 Å². The fourth-order valence-electron chi connectivity index (χ4n) is 2.25. The number of fused-ring (bicyclic) bond motifs is 3. The maximum Gasteiger partial charge on any atom is 0.314 e. The summed E-state index contributed by atoms with van der Waals surface area (Å²) in [7, 11) is 0. The summed E-state index contributed by atoms with van der Waals surface area (Å²) in [6.45, 7) is 0.472. The van der Waals surface area contributed by atoms with Crippen LogP contribution in [-0.4, -0.2) is 22.7 Å². The van der Waals surface area contributed by atoms with Crippen molar-refractivity contribution in [3.05, 3.63) is 35.3 Å². The van der Waals surface area contributed by atoms with Gasteiger partial charge in [0.05, 0.1) is 13.2 Å². The minimum atomic E-state index is -0.932. The summed E-state index contributed by atoms with van der Waals surface area (Å²) in [5.74, 6) is -1.97. The average Bonchev–Trinajstić information content (AvgIpc) is 2.66. The number of carboxylic acid groups (broad SMARTS) is 1. The second-order valence-corrected chi connectivity index (χ2v) is 4.11. The lowest BCUT2D eigenvalue weighted by molar-refractivity contribution is -0.141. The van der Waals surface area contributed by atoms with E-state index in [1.807, 2.05) is 0 Å². The van der Waals surface area contributed by atoms with Crippen molar-refractivity contribution in [2.45, 2.75) is 12.5 Å². The first kappa shape index (κ1) is 10.3. The number of aromatic amines is 1. The molecule has 0 radical (unpaired) electrons. The molecule has 0 amide bonds. The van der Waals surface area contributed by atoms with Gasteiger partial charge in [0.25, 0.3) is 0 Å². The molecule has 1 aliphatic heterocycles. The predicted octanol–water partition coefficient (Wildman–Crippen LogP) is 2.01. The first-order valence-electron chi connectivity index (χ1n) is 5.27. The molecule has 3 rings (SSSR count). The van der Waals surface area contributed by atoms with Crippen molar-refractivity contribution in [2.24, 2.45) is 0 Å². The van der Waals surface area contributed by atoms with E-state index in [1.54, 1.807) is 6.07 Å². The molecule has 0 fully saturated rings. The smallest absolute Gasteiger partial charge is 0.314 e. The maximum absolute atomic E-state index is 13.2. The molecule has 1 unspecified atom stereocenters. The Labute approximate surface area is 96.0 Å². The van der Waals surface area contributed by atoms with E-state index in [4.69, 9.17) is 9.84 Å². The van der Waals surface area contributed by atoms with Gasteiger partial charge in [-0.2, -0.15) is 0 Å². The van der Waals surface area contributed by atoms with Crippen LogP contribution in [0, 0.1) is 5.82 Å². The van der Waals surface area contributed by atoms with Crippen molar-refractivity contribution in [3.8, 4) is 0 Å². The van der Waals surface area contributed by atoms with Crippen LogP contribution in [0.3, 0.4) is 0 Å². The Morgan fingerprint density at radius 3 is 3.12 bits per heavy atom. The summed E-state index contributed by atoms with van der Waals surface area (Å²) in [5.41, 5.74) is 2.12. The minimum absolute atomic E-state index is 0.150. The van der Waals surface area contributed by atoms with Crippen molar-refractivity contribution in [1.29, 1.82) is 0 Å². The Kier molecular flexibility index (Phi) is 2.16. The third-order valence-electron chi connectivity index (χ3n) is 3.08. The van der Waals surface area contributed by atoms with Crippen molar-refractivity contribution >= 4 is 16.9 Å². The van der Waals surface area contributed by atoms with Crippen molar-refractivity contribution in [1.82, 2.24) is 4.98 Å². The number of rotatable bonds is 1. The molecule has 0 saturated heterocycles. The highest BCUT2D eigenvalue weighted by Crippen LogP contribution is 2.32. The third kappa shape index (κ3) is 1.51. The van der Waals surface area contributed by atoms with E-state index < -0.39 is 11.9 Å². The topological polar surface area (TPSA) is 62.3 Å². The Balaban J connectivity index is 2.25. The fraction of sp³-hybridized carbons (Fsp3) is 0.250. The second kappa shape index (κ2) is 3.56. The van der Waals surface area contributed by atoms with Crippen LogP contribution in [0.25, 0.3) is 10.9 Å². The molecule has 1 aliphatic rings. The van der Waals surface area contributed by atoms with E-state index in [9.17, 15) is 9.18 Å². The standard InChI is InChI=1S/C12H10FNO3/c13-6-1-2-10-7(3-6)8-4-17-5-9(12(15)16)11(8)14-10/h1-3,9,14H,4-5H2,(H,15,16). The summed E-state index contributed by atoms with van der Waals surface area (Å²) in [6.07, 6.45) is 0. The van der Waals surface area contributed by atoms with Crippen LogP contribution in [-0.2, 0) is 16.1 Å². The fourth-order valence-corrected chi connectivity index (χ4v) is 2.25. The molecule has 0 aliphatic carbocycles. The van der Waals surface area contributed by atoms with Crippen LogP contribution in [0.15, 0.2) is 18.2 Å². The van der Waals surface area contributed by atoms with E-state index in [1.165, 1.54) is 12.1 Å². The molecule has 0 bridgehead atoms. The van der Waals surface area contributed by atoms with Gasteiger partial charge in [0.2, 0.25) is 0 Å². The SMILES string of the molecule is O=C(O)C1COCc2c1[nH]c1ccc(F)cc21. The van der Waals surface area contributed by atoms with Gasteiger partial charge in [-0.05, 0) is 18.2 Å². The molecule has 2 N–H and O–H groups in total. The van der Waals surface area contributed by atoms with Gasteiger partial charge >= 0.3 is 5.97 Å². The van der Waals surface area contributed by atoms with Gasteiger partial charge in [0, 0.05) is 22.2 Å². The molecule has 2 aromatic rings. The monoisotopic (exact) mass is 235 g/mol. The number of carbonyl (C=O) groups is 1. The third-order valence-corrected chi connectivity index (χ3v) is 3.08. The zero-order valence-electron chi connectivity index (χ0n) is 8.87. The molecular formula is C12H10FNO3. The van der Waals surface area contributed by atoms with E-state index in [0.717, 1.165) is 11.1 Å². The summed E-state index contributed by atoms with van der Waals surface area (Å²) in [5, 5.41) is 9.79. The Morgan fingerprint density at radius 2 is 2.35 bits per heavy atom. The van der Waals surface area contributed by atoms with Gasteiger partial charge in [0.15, 0.2) is 0 Å². The highest BCUT2D eigenvalue weighted by Gasteiger charge is 2.30. The maximum atomic E-state index is 13.2. The first-order valence-corrected chi connectivity index (χ1v) is 5.27. The largest absolute Gasteiger partial charge is 0.481 e. The van der Waals surface area contributed by atoms with Crippen LogP contribution in [0.4, 0.5) is 4.39 Å². The summed E-state index contributed by atoms with van der Waals surface area (Å²) in [4.78, 5) is 14.1. The van der Waals surface area contributed by atoms with Gasteiger partial charge in [-0.15, -0.1) is 0 Å². The van der Waals surface area contributed by atoms with Gasteiger partial charge in [-0.3, -0.25) is 4.79 Å². The molecule has 1 atom stereocenters. The van der Waals surface area contributed by atoms with Crippen LogP contribution in [0.5, 0.6) is 0 Å². The molecule has 88 valence electrons. The van der Waals surface area contributed by atoms with Gasteiger partial charge in [-0.25, -0.2) is 4.39 Å². The average molecular weight is 235 g/mol. The van der Waals surface area contributed by atoms with Crippen molar-refractivity contribution in [2.75, 3.05) is 6.61 Å². The zero-order chi connectivity index (χ0) is 12.0. The van der Waals surface area contributed by atoms with Crippen LogP contribution < -0.4 is 0 Å². The summed E-state index contributed by atoms with van der Waals surface area (Å²) >= 11 is 0. The summed E-state index contributed by atoms with van der Waals surface area (Å²) in [6, 6.07) is 4.36. The van der Waals surface area contributed by atoms with Gasteiger partial charge < -0.3 is 14.8 Å². The lowest BCUT2D eigenvalue weighted by atomic mass is 9.99. The molecule has 5 heteroatoms. The lowest BCUT2D eigenvalue weighted by Gasteiger charge is -2.19. The molecule has 4 nitrogen and oxygen atoms in total. The van der Waals surface area contributed by atoms with Crippen molar-refractivity contribution in [3.63, 3.8) is 0 Å². The van der Waals surface area contributed by atoms with Crippen LogP contribution in [0.2, 0.25) is 0 Å². The van der Waals surface area contributed by atoms with Crippen LogP contribution >= 0.6 is 0 Å². The molecule has 0 spiro atoms. The molecule has 1 aromatic heterocycles. The Bertz CT molecular complexity index is 605. The normalized spacial score (nSPS) is 19.2. The quantitative estimate of drug-likeness (QED) is 0.794. The molecule has 2 heterocycles. The predicted molar refractivity (Wildman–Crippen MR) is 58.3 cm³/mol. The minimum Gasteiger partial charge on any atom is -0.481 e. The number of aliphatic carboxylic acids is 1. The van der Waals surface area contributed by atoms with E-state index in [-0.39, 0.29) is 12.4 Å². The second-order valence-electron chi connectivity index (χ2n) is 4.11. The number of halogens is 1. The number of aromatic nitrogens is 1. The van der Waals surface area contributed by atoms with E-state index >= 15 is 0 Å². The van der Waals surface area contributed by atoms with Gasteiger partial charge in [0.1, 0.15) is 11.7 Å². The van der Waals surface area contributed by atoms with E-state index in [2.05, 4.69) is 4.98 Å².